The van der Waals surface area contributed by atoms with Gasteiger partial charge in [-0.15, -0.1) is 34.8 Å². The van der Waals surface area contributed by atoms with Crippen LogP contribution in [0.1, 0.15) is 57.6 Å². The van der Waals surface area contributed by atoms with Crippen LogP contribution in [0.15, 0.2) is 72.8 Å². The van der Waals surface area contributed by atoms with Crippen LogP contribution in [0.25, 0.3) is 0 Å². The number of rotatable bonds is 9. The van der Waals surface area contributed by atoms with E-state index in [1.807, 2.05) is 72.8 Å². The zero-order valence-corrected chi connectivity index (χ0v) is 19.1. The molecule has 6 heteroatoms. The highest BCUT2D eigenvalue weighted by molar-refractivity contribution is 6.18. The Labute approximate surface area is 197 Å². The lowest BCUT2D eigenvalue weighted by Gasteiger charge is -2.21. The number of aliphatic hydroxyl groups is 3. The van der Waals surface area contributed by atoms with Crippen LogP contribution in [0.4, 0.5) is 0 Å². The van der Waals surface area contributed by atoms with E-state index in [2.05, 4.69) is 0 Å². The Balaban J connectivity index is 2.01. The third kappa shape index (κ3) is 5.81. The van der Waals surface area contributed by atoms with Crippen LogP contribution in [-0.2, 0) is 0 Å². The fourth-order valence-corrected chi connectivity index (χ4v) is 4.11. The third-order valence-electron chi connectivity index (χ3n) is 5.40. The first-order chi connectivity index (χ1) is 15.0. The highest BCUT2D eigenvalue weighted by atomic mass is 35.5. The normalized spacial score (nSPS) is 15.3. The minimum atomic E-state index is -0.707. The molecule has 164 valence electrons. The van der Waals surface area contributed by atoms with Gasteiger partial charge in [-0.25, -0.2) is 0 Å². The Bertz CT molecular complexity index is 816. The highest BCUT2D eigenvalue weighted by Gasteiger charge is 2.19. The van der Waals surface area contributed by atoms with E-state index in [1.165, 1.54) is 0 Å². The van der Waals surface area contributed by atoms with E-state index in [0.29, 0.717) is 0 Å². The van der Waals surface area contributed by atoms with Gasteiger partial charge >= 0.3 is 0 Å². The maximum atomic E-state index is 10.0. The van der Waals surface area contributed by atoms with Crippen molar-refractivity contribution in [1.82, 2.24) is 0 Å². The lowest BCUT2D eigenvalue weighted by Crippen LogP contribution is -2.07. The molecule has 0 bridgehead atoms. The Morgan fingerprint density at radius 2 is 0.613 bits per heavy atom. The van der Waals surface area contributed by atoms with Crippen molar-refractivity contribution in [3.05, 3.63) is 106 Å². The summed E-state index contributed by atoms with van der Waals surface area (Å²) in [5.41, 5.74) is 5.42. The number of benzene rings is 3. The average Bonchev–Trinajstić information content (AvgIpc) is 2.84. The molecule has 3 atom stereocenters. The maximum Gasteiger partial charge on any atom is 0.0925 e. The summed E-state index contributed by atoms with van der Waals surface area (Å²) in [6, 6.07) is 23.2. The zero-order chi connectivity index (χ0) is 22.4. The second-order valence-corrected chi connectivity index (χ2v) is 8.37. The molecule has 3 unspecified atom stereocenters. The molecule has 0 aromatic heterocycles. The van der Waals surface area contributed by atoms with Crippen LogP contribution in [0.3, 0.4) is 0 Å². The van der Waals surface area contributed by atoms with E-state index in [1.54, 1.807) is 0 Å². The molecule has 0 radical (unpaired) electrons. The van der Waals surface area contributed by atoms with Crippen molar-refractivity contribution < 1.29 is 15.3 Å². The molecule has 0 aliphatic heterocycles. The molecular formula is C25H25Cl3O3. The Kier molecular flexibility index (Phi) is 8.79. The predicted octanol–water partition coefficient (Wildman–Crippen LogP) is 5.68. The molecule has 3 rings (SSSR count). The maximum absolute atomic E-state index is 10.0. The number of aliphatic hydroxyl groups excluding tert-OH is 3. The van der Waals surface area contributed by atoms with Gasteiger partial charge in [0.25, 0.3) is 0 Å². The summed E-state index contributed by atoms with van der Waals surface area (Å²) < 4.78 is 0. The Morgan fingerprint density at radius 1 is 0.419 bits per heavy atom. The number of hydrogen-bond donors (Lipinski definition) is 3. The lowest BCUT2D eigenvalue weighted by atomic mass is 9.83. The van der Waals surface area contributed by atoms with E-state index in [9.17, 15) is 15.3 Å². The quantitative estimate of drug-likeness (QED) is 0.273. The minimum Gasteiger partial charge on any atom is -0.387 e. The number of alkyl halides is 3. The molecule has 3 nitrogen and oxygen atoms in total. The van der Waals surface area contributed by atoms with Crippen molar-refractivity contribution in [3.8, 4) is 0 Å². The fraction of sp³-hybridized carbons (Fsp3) is 0.280. The summed E-state index contributed by atoms with van der Waals surface area (Å²) in [7, 11) is 0. The summed E-state index contributed by atoms with van der Waals surface area (Å²) in [6.07, 6.45) is -2.12. The second kappa shape index (κ2) is 11.3. The van der Waals surface area contributed by atoms with Crippen molar-refractivity contribution in [2.45, 2.75) is 24.2 Å². The number of halogens is 3. The van der Waals surface area contributed by atoms with Crippen molar-refractivity contribution in [2.24, 2.45) is 0 Å². The molecule has 3 aromatic rings. The van der Waals surface area contributed by atoms with Gasteiger partial charge in [-0.05, 0) is 33.4 Å². The molecule has 31 heavy (non-hydrogen) atoms. The predicted molar refractivity (Wildman–Crippen MR) is 127 cm³/mol. The van der Waals surface area contributed by atoms with Gasteiger partial charge in [0.05, 0.1) is 36.0 Å². The van der Waals surface area contributed by atoms with E-state index in [4.69, 9.17) is 34.8 Å². The largest absolute Gasteiger partial charge is 0.387 e. The van der Waals surface area contributed by atoms with Crippen LogP contribution in [0, 0.1) is 0 Å². The number of hydrogen-bond acceptors (Lipinski definition) is 3. The van der Waals surface area contributed by atoms with Gasteiger partial charge < -0.3 is 15.3 Å². The molecule has 0 fully saturated rings. The van der Waals surface area contributed by atoms with Crippen molar-refractivity contribution in [1.29, 1.82) is 0 Å². The molecule has 0 heterocycles. The lowest BCUT2D eigenvalue weighted by molar-refractivity contribution is 0.202. The molecule has 0 saturated heterocycles. The summed E-state index contributed by atoms with van der Waals surface area (Å²) in [5, 5.41) is 30.0. The summed E-state index contributed by atoms with van der Waals surface area (Å²) in [5.74, 6) is 0.332. The van der Waals surface area contributed by atoms with E-state index in [0.717, 1.165) is 33.4 Å². The van der Waals surface area contributed by atoms with Crippen molar-refractivity contribution in [3.63, 3.8) is 0 Å². The van der Waals surface area contributed by atoms with Crippen LogP contribution in [0.5, 0.6) is 0 Å². The Morgan fingerprint density at radius 3 is 0.806 bits per heavy atom. The first kappa shape index (κ1) is 24.1. The minimum absolute atomic E-state index is 0.0772. The van der Waals surface area contributed by atoms with Crippen LogP contribution in [-0.4, -0.2) is 33.0 Å². The highest BCUT2D eigenvalue weighted by Crippen LogP contribution is 2.34. The van der Waals surface area contributed by atoms with Gasteiger partial charge in [-0.1, -0.05) is 72.8 Å². The fourth-order valence-electron chi connectivity index (χ4n) is 3.58. The molecule has 0 aliphatic rings. The van der Waals surface area contributed by atoms with Crippen molar-refractivity contribution in [2.75, 3.05) is 17.6 Å². The summed E-state index contributed by atoms with van der Waals surface area (Å²) in [4.78, 5) is 0. The van der Waals surface area contributed by atoms with E-state index < -0.39 is 18.3 Å². The van der Waals surface area contributed by atoms with Crippen LogP contribution >= 0.6 is 34.8 Å². The molecule has 0 aliphatic carbocycles. The molecule has 0 saturated carbocycles. The first-order valence-electron chi connectivity index (χ1n) is 10.00. The second-order valence-electron chi connectivity index (χ2n) is 7.44. The first-order valence-corrected chi connectivity index (χ1v) is 11.6. The Hall–Kier alpha value is -1.59. The van der Waals surface area contributed by atoms with Crippen LogP contribution in [0.2, 0.25) is 0 Å². The summed E-state index contributed by atoms with van der Waals surface area (Å²) in [6.45, 7) is 0. The van der Waals surface area contributed by atoms with Gasteiger partial charge in [0, 0.05) is 5.92 Å². The molecule has 3 N–H and O–H groups in total. The molecule has 3 aromatic carbocycles. The summed E-state index contributed by atoms with van der Waals surface area (Å²) >= 11 is 17.3. The van der Waals surface area contributed by atoms with Crippen LogP contribution < -0.4 is 0 Å². The van der Waals surface area contributed by atoms with E-state index >= 15 is 0 Å². The van der Waals surface area contributed by atoms with Gasteiger partial charge in [0.15, 0.2) is 0 Å². The van der Waals surface area contributed by atoms with Gasteiger partial charge in [0.2, 0.25) is 0 Å². The van der Waals surface area contributed by atoms with E-state index in [-0.39, 0.29) is 23.6 Å². The molecule has 0 spiro atoms. The standard InChI is InChI=1S/C25H25Cl3O3/c26-13-22(29)16-1-7-19(8-2-16)25(20-9-3-17(4-10-20)23(30)14-27)21-11-5-18(6-12-21)24(31)15-28/h1-12,22-25,29-31H,13-15H2. The van der Waals surface area contributed by atoms with Gasteiger partial charge in [-0.3, -0.25) is 0 Å². The SMILES string of the molecule is OC(CCl)c1ccc(C(c2ccc(C(O)CCl)cc2)c2ccc(C(O)CCl)cc2)cc1. The van der Waals surface area contributed by atoms with Gasteiger partial charge in [-0.2, -0.15) is 0 Å². The van der Waals surface area contributed by atoms with Crippen molar-refractivity contribution >= 4 is 34.8 Å². The third-order valence-corrected chi connectivity index (χ3v) is 6.28. The monoisotopic (exact) mass is 478 g/mol. The zero-order valence-electron chi connectivity index (χ0n) is 16.8. The molecule has 0 amide bonds. The topological polar surface area (TPSA) is 60.7 Å². The average molecular weight is 480 g/mol. The smallest absolute Gasteiger partial charge is 0.0925 e. The van der Waals surface area contributed by atoms with Gasteiger partial charge in [0.1, 0.15) is 0 Å². The molecular weight excluding hydrogens is 455 g/mol.